The van der Waals surface area contributed by atoms with Crippen molar-refractivity contribution in [1.82, 2.24) is 19.9 Å². The van der Waals surface area contributed by atoms with Gasteiger partial charge in [-0.15, -0.1) is 0 Å². The van der Waals surface area contributed by atoms with Gasteiger partial charge in [-0.05, 0) is 48.4 Å². The molecule has 1 aliphatic heterocycles. The zero-order valence-corrected chi connectivity index (χ0v) is 18.4. The van der Waals surface area contributed by atoms with Crippen LogP contribution in [0.2, 0.25) is 0 Å². The summed E-state index contributed by atoms with van der Waals surface area (Å²) in [4.78, 5) is 18.7. The van der Waals surface area contributed by atoms with Gasteiger partial charge < -0.3 is 16.4 Å². The number of nitrogens with two attached hydrogens (primary N) is 2. The maximum atomic E-state index is 13.2. The maximum absolute atomic E-state index is 13.2. The van der Waals surface area contributed by atoms with Crippen molar-refractivity contribution in [1.29, 1.82) is 0 Å². The Bertz CT molecular complexity index is 1180. The third kappa shape index (κ3) is 3.99. The van der Waals surface area contributed by atoms with Crippen molar-refractivity contribution in [3.05, 3.63) is 59.8 Å². The van der Waals surface area contributed by atoms with E-state index in [-0.39, 0.29) is 27.2 Å². The molecular weight excluding hydrogens is 451 g/mol. The van der Waals surface area contributed by atoms with E-state index in [0.717, 1.165) is 61.6 Å². The van der Waals surface area contributed by atoms with Gasteiger partial charge >= 0.3 is 6.18 Å². The molecule has 172 valence electrons. The molecule has 0 unspecified atom stereocenters. The van der Waals surface area contributed by atoms with Gasteiger partial charge in [-0.3, -0.25) is 9.97 Å². The Labute approximate surface area is 192 Å². The molecule has 7 nitrogen and oxygen atoms in total. The summed E-state index contributed by atoms with van der Waals surface area (Å²) in [6, 6.07) is 6.73. The topological polar surface area (TPSA) is 107 Å². The van der Waals surface area contributed by atoms with E-state index in [9.17, 15) is 13.2 Å². The van der Waals surface area contributed by atoms with Crippen LogP contribution in [0.5, 0.6) is 0 Å². The lowest BCUT2D eigenvalue weighted by molar-refractivity contribution is -0.143. The van der Waals surface area contributed by atoms with Gasteiger partial charge in [0.1, 0.15) is 10.8 Å². The monoisotopic (exact) mass is 473 g/mol. The molecule has 3 aromatic rings. The molecule has 1 spiro atoms. The second-order valence-corrected chi connectivity index (χ2v) is 9.44. The first-order valence-corrected chi connectivity index (χ1v) is 11.4. The number of hydrogen-bond donors (Lipinski definition) is 2. The second kappa shape index (κ2) is 8.14. The summed E-state index contributed by atoms with van der Waals surface area (Å²) in [5, 5.41) is 0.213. The highest BCUT2D eigenvalue weighted by Gasteiger charge is 2.46. The van der Waals surface area contributed by atoms with Crippen molar-refractivity contribution in [2.75, 3.05) is 23.7 Å². The number of anilines is 2. The summed E-state index contributed by atoms with van der Waals surface area (Å²) < 4.78 is 39.7. The van der Waals surface area contributed by atoms with Gasteiger partial charge in [0.25, 0.3) is 0 Å². The van der Waals surface area contributed by atoms with E-state index in [1.54, 1.807) is 12.4 Å². The van der Waals surface area contributed by atoms with Gasteiger partial charge in [0.15, 0.2) is 11.5 Å². The third-order valence-corrected chi connectivity index (χ3v) is 7.58. The highest BCUT2D eigenvalue weighted by molar-refractivity contribution is 7.99. The number of nitrogen functional groups attached to an aromatic ring is 1. The normalized spacial score (nSPS) is 19.6. The van der Waals surface area contributed by atoms with Crippen LogP contribution in [0.3, 0.4) is 0 Å². The molecule has 2 aliphatic rings. The fourth-order valence-corrected chi connectivity index (χ4v) is 5.60. The van der Waals surface area contributed by atoms with E-state index in [1.807, 2.05) is 6.07 Å². The van der Waals surface area contributed by atoms with E-state index >= 15 is 0 Å². The molecule has 1 aliphatic carbocycles. The Hall–Kier alpha value is -2.92. The van der Waals surface area contributed by atoms with Gasteiger partial charge in [0.2, 0.25) is 0 Å². The standard InChI is InChI=1S/C22H22F3N7S/c23-22(24,25)18-15(4-2-8-29-18)33-20-19(27)31-16(12-30-20)32-9-5-21(6-10-32)11-14-13(17(21)26)3-1-7-28-14/h1-4,7-8,12,17H,5-6,9-11,26H2,(H2,27,31)/t17-/m1/s1. The molecular formula is C22H22F3N7S. The highest BCUT2D eigenvalue weighted by atomic mass is 32.2. The molecule has 0 aromatic carbocycles. The van der Waals surface area contributed by atoms with E-state index in [4.69, 9.17) is 11.5 Å². The van der Waals surface area contributed by atoms with Crippen molar-refractivity contribution in [3.8, 4) is 0 Å². The van der Waals surface area contributed by atoms with Crippen molar-refractivity contribution in [2.24, 2.45) is 11.1 Å². The summed E-state index contributed by atoms with van der Waals surface area (Å²) in [6.07, 6.45) is 2.55. The molecule has 11 heteroatoms. The number of rotatable bonds is 3. The second-order valence-electron chi connectivity index (χ2n) is 8.41. The van der Waals surface area contributed by atoms with Crippen LogP contribution in [-0.2, 0) is 12.6 Å². The molecule has 0 bridgehead atoms. The van der Waals surface area contributed by atoms with Crippen LogP contribution >= 0.6 is 11.8 Å². The van der Waals surface area contributed by atoms with Crippen molar-refractivity contribution < 1.29 is 13.2 Å². The van der Waals surface area contributed by atoms with Crippen molar-refractivity contribution >= 4 is 23.4 Å². The van der Waals surface area contributed by atoms with Crippen LogP contribution in [0.1, 0.15) is 35.8 Å². The first-order valence-electron chi connectivity index (χ1n) is 10.5. The third-order valence-electron chi connectivity index (χ3n) is 6.52. The smallest absolute Gasteiger partial charge is 0.381 e. The van der Waals surface area contributed by atoms with Crippen LogP contribution in [0.15, 0.2) is 52.8 Å². The summed E-state index contributed by atoms with van der Waals surface area (Å²) in [6.45, 7) is 1.48. The number of aromatic nitrogens is 4. The number of pyridine rings is 2. The Morgan fingerprint density at radius 1 is 1.06 bits per heavy atom. The zero-order valence-electron chi connectivity index (χ0n) is 17.6. The average molecular weight is 474 g/mol. The Balaban J connectivity index is 1.30. The summed E-state index contributed by atoms with van der Waals surface area (Å²) in [5.41, 5.74) is 13.9. The number of halogens is 3. The number of fused-ring (bicyclic) bond motifs is 1. The predicted molar refractivity (Wildman–Crippen MR) is 119 cm³/mol. The van der Waals surface area contributed by atoms with Crippen LogP contribution < -0.4 is 16.4 Å². The van der Waals surface area contributed by atoms with Crippen LogP contribution in [0, 0.1) is 5.41 Å². The Morgan fingerprint density at radius 3 is 2.48 bits per heavy atom. The molecule has 0 amide bonds. The van der Waals surface area contributed by atoms with Gasteiger partial charge in [0.05, 0.1) is 6.20 Å². The molecule has 1 fully saturated rings. The molecule has 1 saturated heterocycles. The lowest BCUT2D eigenvalue weighted by Gasteiger charge is -2.42. The number of hydrogen-bond acceptors (Lipinski definition) is 8. The largest absolute Gasteiger partial charge is 0.434 e. The summed E-state index contributed by atoms with van der Waals surface area (Å²) in [5.74, 6) is 0.695. The van der Waals surface area contributed by atoms with Crippen LogP contribution in [0.25, 0.3) is 0 Å². The molecule has 0 radical (unpaired) electrons. The molecule has 1 atom stereocenters. The zero-order chi connectivity index (χ0) is 23.2. The Kier molecular flexibility index (Phi) is 5.40. The minimum absolute atomic E-state index is 0.0176. The molecule has 0 saturated carbocycles. The van der Waals surface area contributed by atoms with Crippen molar-refractivity contribution in [2.45, 2.75) is 41.4 Å². The lowest BCUT2D eigenvalue weighted by atomic mass is 9.73. The fraction of sp³-hybridized carbons (Fsp3) is 0.364. The minimum Gasteiger partial charge on any atom is -0.381 e. The van der Waals surface area contributed by atoms with Crippen LogP contribution in [-0.4, -0.2) is 33.0 Å². The van der Waals surface area contributed by atoms with Gasteiger partial charge in [0, 0.05) is 42.1 Å². The molecule has 33 heavy (non-hydrogen) atoms. The van der Waals surface area contributed by atoms with Crippen LogP contribution in [0.4, 0.5) is 24.8 Å². The van der Waals surface area contributed by atoms with Gasteiger partial charge in [-0.2, -0.15) is 13.2 Å². The lowest BCUT2D eigenvalue weighted by Crippen LogP contribution is -2.44. The van der Waals surface area contributed by atoms with E-state index in [0.29, 0.717) is 5.82 Å². The number of alkyl halides is 3. The van der Waals surface area contributed by atoms with Gasteiger partial charge in [-0.1, -0.05) is 17.8 Å². The maximum Gasteiger partial charge on any atom is 0.434 e. The molecule has 4 heterocycles. The Morgan fingerprint density at radius 2 is 1.79 bits per heavy atom. The predicted octanol–water partition coefficient (Wildman–Crippen LogP) is 3.86. The van der Waals surface area contributed by atoms with Crippen molar-refractivity contribution in [3.63, 3.8) is 0 Å². The molecule has 4 N–H and O–H groups in total. The molecule has 3 aromatic heterocycles. The van der Waals surface area contributed by atoms with E-state index < -0.39 is 11.9 Å². The number of piperidine rings is 1. The van der Waals surface area contributed by atoms with E-state index in [1.165, 1.54) is 12.1 Å². The summed E-state index contributed by atoms with van der Waals surface area (Å²) >= 11 is 0.808. The SMILES string of the molecule is Nc1nc(N2CCC3(CC2)Cc2ncccc2[C@H]3N)cnc1Sc1cccnc1C(F)(F)F. The highest BCUT2D eigenvalue weighted by Crippen LogP contribution is 2.50. The number of nitrogens with zero attached hydrogens (tertiary/aromatic N) is 5. The van der Waals surface area contributed by atoms with E-state index in [2.05, 4.69) is 30.9 Å². The fourth-order valence-electron chi connectivity index (χ4n) is 4.73. The first kappa shape index (κ1) is 21.9. The minimum atomic E-state index is -4.56. The quantitative estimate of drug-likeness (QED) is 0.591. The summed E-state index contributed by atoms with van der Waals surface area (Å²) in [7, 11) is 0. The average Bonchev–Trinajstić information content (AvgIpc) is 3.07. The molecule has 5 rings (SSSR count). The first-order chi connectivity index (χ1) is 15.8. The van der Waals surface area contributed by atoms with Gasteiger partial charge in [-0.25, -0.2) is 9.97 Å².